The molecule has 0 bridgehead atoms. The molecule has 0 heterocycles. The lowest BCUT2D eigenvalue weighted by Gasteiger charge is -1.80. The van der Waals surface area contributed by atoms with Crippen LogP contribution in [0.2, 0.25) is 0 Å². The standard InChI is InChI=1S/C4H11N.Mg.2H/c1-2-3-4-5;;;/h2-5H2,1H3;;;. The van der Waals surface area contributed by atoms with Crippen molar-refractivity contribution in [1.29, 1.82) is 0 Å². The van der Waals surface area contributed by atoms with Crippen LogP contribution in [0, 0.1) is 0 Å². The molecule has 6 heavy (non-hydrogen) atoms. The molecule has 0 rings (SSSR count). The van der Waals surface area contributed by atoms with Crippen LogP contribution in [0.4, 0.5) is 0 Å². The van der Waals surface area contributed by atoms with E-state index >= 15 is 0 Å². The van der Waals surface area contributed by atoms with Crippen LogP contribution in [0.3, 0.4) is 0 Å². The van der Waals surface area contributed by atoms with Gasteiger partial charge in [0.05, 0.1) is 0 Å². The van der Waals surface area contributed by atoms with E-state index in [1.807, 2.05) is 0 Å². The molecule has 0 saturated carbocycles. The minimum Gasteiger partial charge on any atom is -0.330 e. The summed E-state index contributed by atoms with van der Waals surface area (Å²) in [5.41, 5.74) is 5.14. The third-order valence-electron chi connectivity index (χ3n) is 0.558. The summed E-state index contributed by atoms with van der Waals surface area (Å²) in [5.74, 6) is 0. The quantitative estimate of drug-likeness (QED) is 0.478. The fraction of sp³-hybridized carbons (Fsp3) is 1.00. The van der Waals surface area contributed by atoms with Crippen LogP contribution in [0.25, 0.3) is 0 Å². The van der Waals surface area contributed by atoms with Crippen LogP contribution in [0.5, 0.6) is 0 Å². The molecule has 0 amide bonds. The Hall–Kier alpha value is 0.726. The van der Waals surface area contributed by atoms with Gasteiger partial charge in [0.25, 0.3) is 0 Å². The first-order chi connectivity index (χ1) is 2.41. The predicted octanol–water partition coefficient (Wildman–Crippen LogP) is -0.171. The Morgan fingerprint density at radius 2 is 2.00 bits per heavy atom. The summed E-state index contributed by atoms with van der Waals surface area (Å²) >= 11 is 0. The highest BCUT2D eigenvalue weighted by atomic mass is 24.3. The topological polar surface area (TPSA) is 26.0 Å². The Labute approximate surface area is 55.4 Å². The molecule has 36 valence electrons. The summed E-state index contributed by atoms with van der Waals surface area (Å²) in [6, 6.07) is 0. The lowest BCUT2D eigenvalue weighted by molar-refractivity contribution is 0.807. The highest BCUT2D eigenvalue weighted by Crippen LogP contribution is 1.77. The van der Waals surface area contributed by atoms with E-state index in [1.165, 1.54) is 12.8 Å². The van der Waals surface area contributed by atoms with Gasteiger partial charge in [-0.25, -0.2) is 0 Å². The fourth-order valence-electron chi connectivity index (χ4n) is 0.204. The zero-order valence-electron chi connectivity index (χ0n) is 3.70. The zero-order chi connectivity index (χ0) is 4.12. The molecule has 2 N–H and O–H groups in total. The molecule has 0 aliphatic heterocycles. The summed E-state index contributed by atoms with van der Waals surface area (Å²) in [7, 11) is 0. The maximum absolute atomic E-state index is 5.14. The number of hydrogen-bond donors (Lipinski definition) is 1. The number of nitrogens with two attached hydrogens (primary N) is 1. The minimum absolute atomic E-state index is 0. The molecular formula is C4H13MgN. The lowest BCUT2D eigenvalue weighted by Crippen LogP contribution is -1.95. The SMILES string of the molecule is CCCCN.[MgH2]. The molecule has 0 spiro atoms. The van der Waals surface area contributed by atoms with Gasteiger partial charge in [-0.2, -0.15) is 0 Å². The van der Waals surface area contributed by atoms with Gasteiger partial charge in [-0.15, -0.1) is 0 Å². The number of rotatable bonds is 2. The van der Waals surface area contributed by atoms with Crippen LogP contribution < -0.4 is 5.73 Å². The van der Waals surface area contributed by atoms with Crippen LogP contribution >= 0.6 is 0 Å². The first-order valence-electron chi connectivity index (χ1n) is 2.12. The molecule has 0 saturated heterocycles. The molecule has 2 heteroatoms. The minimum atomic E-state index is 0. The van der Waals surface area contributed by atoms with E-state index in [-0.39, 0.29) is 23.1 Å². The van der Waals surface area contributed by atoms with Crippen molar-refractivity contribution in [2.45, 2.75) is 19.8 Å². The molecule has 0 unspecified atom stereocenters. The molecular weight excluding hydrogens is 86.4 g/mol. The number of hydrogen-bond acceptors (Lipinski definition) is 1. The molecule has 0 radical (unpaired) electrons. The maximum Gasteiger partial charge on any atom is 0.316 e. The van der Waals surface area contributed by atoms with E-state index in [4.69, 9.17) is 5.73 Å². The van der Waals surface area contributed by atoms with Crippen LogP contribution in [0.15, 0.2) is 0 Å². The highest BCUT2D eigenvalue weighted by Gasteiger charge is 1.67. The average molecular weight is 99.5 g/mol. The van der Waals surface area contributed by atoms with Gasteiger partial charge in [0.15, 0.2) is 0 Å². The third kappa shape index (κ3) is 8.83. The first kappa shape index (κ1) is 9.87. The van der Waals surface area contributed by atoms with Gasteiger partial charge in [0.2, 0.25) is 0 Å². The average Bonchev–Trinajstić information content (AvgIpc) is 1.41. The monoisotopic (exact) mass is 99.1 g/mol. The van der Waals surface area contributed by atoms with Gasteiger partial charge < -0.3 is 5.73 Å². The van der Waals surface area contributed by atoms with Crippen LogP contribution in [-0.2, 0) is 0 Å². The summed E-state index contributed by atoms with van der Waals surface area (Å²) in [6.07, 6.45) is 2.39. The summed E-state index contributed by atoms with van der Waals surface area (Å²) in [5, 5.41) is 0. The van der Waals surface area contributed by atoms with E-state index in [9.17, 15) is 0 Å². The molecule has 0 fully saturated rings. The smallest absolute Gasteiger partial charge is 0.316 e. The van der Waals surface area contributed by atoms with Crippen molar-refractivity contribution in [2.24, 2.45) is 5.73 Å². The fourth-order valence-corrected chi connectivity index (χ4v) is 0.204. The summed E-state index contributed by atoms with van der Waals surface area (Å²) in [6.45, 7) is 2.98. The number of unbranched alkanes of at least 4 members (excludes halogenated alkanes) is 1. The van der Waals surface area contributed by atoms with Crippen molar-refractivity contribution in [3.8, 4) is 0 Å². The molecule has 0 atom stereocenters. The maximum atomic E-state index is 5.14. The third-order valence-corrected chi connectivity index (χ3v) is 0.558. The van der Waals surface area contributed by atoms with Crippen molar-refractivity contribution < 1.29 is 0 Å². The van der Waals surface area contributed by atoms with Gasteiger partial charge in [0.1, 0.15) is 0 Å². The van der Waals surface area contributed by atoms with E-state index in [0.29, 0.717) is 0 Å². The Balaban J connectivity index is 0. The van der Waals surface area contributed by atoms with Gasteiger partial charge in [-0.05, 0) is 13.0 Å². The second kappa shape index (κ2) is 9.21. The normalized spacial score (nSPS) is 7.00. The highest BCUT2D eigenvalue weighted by molar-refractivity contribution is 5.75. The van der Waals surface area contributed by atoms with Crippen molar-refractivity contribution in [3.05, 3.63) is 0 Å². The van der Waals surface area contributed by atoms with Crippen molar-refractivity contribution in [1.82, 2.24) is 0 Å². The largest absolute Gasteiger partial charge is 0.330 e. The lowest BCUT2D eigenvalue weighted by atomic mass is 10.3. The molecule has 0 aromatic carbocycles. The van der Waals surface area contributed by atoms with Gasteiger partial charge in [-0.3, -0.25) is 0 Å². The molecule has 0 aromatic heterocycles. The molecule has 0 aliphatic carbocycles. The van der Waals surface area contributed by atoms with Gasteiger partial charge in [-0.1, -0.05) is 13.3 Å². The Morgan fingerprint density at radius 1 is 1.50 bits per heavy atom. The second-order valence-corrected chi connectivity index (χ2v) is 1.14. The molecule has 0 aliphatic rings. The first-order valence-corrected chi connectivity index (χ1v) is 2.12. The van der Waals surface area contributed by atoms with Gasteiger partial charge in [0, 0.05) is 0 Å². The van der Waals surface area contributed by atoms with E-state index in [1.54, 1.807) is 0 Å². The van der Waals surface area contributed by atoms with E-state index in [0.717, 1.165) is 6.54 Å². The van der Waals surface area contributed by atoms with Crippen molar-refractivity contribution >= 4 is 23.1 Å². The van der Waals surface area contributed by atoms with Crippen LogP contribution in [-0.4, -0.2) is 29.6 Å². The zero-order valence-corrected chi connectivity index (χ0v) is 3.70. The molecule has 0 aromatic rings. The predicted molar refractivity (Wildman–Crippen MR) is 32.5 cm³/mol. The van der Waals surface area contributed by atoms with Gasteiger partial charge >= 0.3 is 23.1 Å². The summed E-state index contributed by atoms with van der Waals surface area (Å²) < 4.78 is 0. The van der Waals surface area contributed by atoms with Crippen molar-refractivity contribution in [3.63, 3.8) is 0 Å². The molecule has 1 nitrogen and oxygen atoms in total. The summed E-state index contributed by atoms with van der Waals surface area (Å²) in [4.78, 5) is 0. The Morgan fingerprint density at radius 3 is 2.00 bits per heavy atom. The second-order valence-electron chi connectivity index (χ2n) is 1.14. The van der Waals surface area contributed by atoms with E-state index < -0.39 is 0 Å². The Bertz CT molecular complexity index is 15.0. The van der Waals surface area contributed by atoms with Crippen LogP contribution in [0.1, 0.15) is 19.8 Å². The van der Waals surface area contributed by atoms with Crippen molar-refractivity contribution in [2.75, 3.05) is 6.54 Å². The van der Waals surface area contributed by atoms with E-state index in [2.05, 4.69) is 6.92 Å². The Kier molecular flexibility index (Phi) is 15.2.